The van der Waals surface area contributed by atoms with Crippen molar-refractivity contribution in [2.45, 2.75) is 13.5 Å². The number of nitrogens with zero attached hydrogens (tertiary/aromatic N) is 1. The van der Waals surface area contributed by atoms with Crippen molar-refractivity contribution in [2.75, 3.05) is 31.9 Å². The highest BCUT2D eigenvalue weighted by atomic mass is 35.5. The monoisotopic (exact) mass is 335 g/mol. The summed E-state index contributed by atoms with van der Waals surface area (Å²) in [4.78, 5) is 0. The molecule has 0 bridgehead atoms. The van der Waals surface area contributed by atoms with Crippen LogP contribution in [0.2, 0.25) is 0 Å². The number of hydrogen-bond acceptors (Lipinski definition) is 4. The molecule has 0 aliphatic rings. The van der Waals surface area contributed by atoms with Gasteiger partial charge in [0, 0.05) is 24.5 Å². The lowest BCUT2D eigenvalue weighted by atomic mass is 10.2. The average Bonchev–Trinajstić information content (AvgIpc) is 2.46. The van der Waals surface area contributed by atoms with Crippen molar-refractivity contribution in [3.63, 3.8) is 0 Å². The second-order valence-corrected chi connectivity index (χ2v) is 7.23. The second-order valence-electron chi connectivity index (χ2n) is 4.91. The van der Waals surface area contributed by atoms with Crippen LogP contribution in [0.5, 0.6) is 5.75 Å². The zero-order valence-electron chi connectivity index (χ0n) is 12.3. The van der Waals surface area contributed by atoms with Crippen molar-refractivity contribution < 1.29 is 18.3 Å². The molecule has 1 rings (SSSR count). The summed E-state index contributed by atoms with van der Waals surface area (Å²) < 4.78 is 31.3. The third-order valence-corrected chi connectivity index (χ3v) is 5.66. The van der Waals surface area contributed by atoms with Gasteiger partial charge in [-0.1, -0.05) is 25.1 Å². The van der Waals surface area contributed by atoms with E-state index in [4.69, 9.17) is 21.4 Å². The number of hydrogen-bond donors (Lipinski definition) is 1. The fourth-order valence-corrected chi connectivity index (χ4v) is 3.94. The van der Waals surface area contributed by atoms with Gasteiger partial charge >= 0.3 is 0 Å². The fraction of sp³-hybridized carbons (Fsp3) is 0.571. The quantitative estimate of drug-likeness (QED) is 0.697. The van der Waals surface area contributed by atoms with Gasteiger partial charge in [0.2, 0.25) is 10.0 Å². The molecule has 120 valence electrons. The minimum absolute atomic E-state index is 0.0361. The smallest absolute Gasteiger partial charge is 0.214 e. The van der Waals surface area contributed by atoms with E-state index in [0.29, 0.717) is 5.75 Å². The van der Waals surface area contributed by atoms with Crippen LogP contribution in [0.4, 0.5) is 0 Å². The van der Waals surface area contributed by atoms with Gasteiger partial charge in [0.25, 0.3) is 0 Å². The molecule has 0 aromatic heterocycles. The van der Waals surface area contributed by atoms with E-state index in [0.717, 1.165) is 5.56 Å². The zero-order valence-corrected chi connectivity index (χ0v) is 13.9. The van der Waals surface area contributed by atoms with Crippen molar-refractivity contribution in [2.24, 2.45) is 5.92 Å². The van der Waals surface area contributed by atoms with E-state index in [1.807, 2.05) is 18.2 Å². The van der Waals surface area contributed by atoms with E-state index in [1.165, 1.54) is 4.31 Å². The lowest BCUT2D eigenvalue weighted by molar-refractivity contribution is 0.249. The fourth-order valence-electron chi connectivity index (χ4n) is 1.96. The number of ether oxygens (including phenoxy) is 1. The minimum atomic E-state index is -3.49. The Bertz CT molecular complexity index is 536. The van der Waals surface area contributed by atoms with Crippen LogP contribution < -0.4 is 4.74 Å². The van der Waals surface area contributed by atoms with Crippen LogP contribution in [0.1, 0.15) is 12.5 Å². The number of para-hydroxylation sites is 1. The van der Waals surface area contributed by atoms with Gasteiger partial charge in [-0.05, 0) is 12.0 Å². The molecule has 1 aromatic carbocycles. The van der Waals surface area contributed by atoms with E-state index >= 15 is 0 Å². The van der Waals surface area contributed by atoms with E-state index in [-0.39, 0.29) is 37.2 Å². The number of halogens is 1. The first-order valence-electron chi connectivity index (χ1n) is 6.71. The Morgan fingerprint density at radius 1 is 1.38 bits per heavy atom. The molecule has 0 radical (unpaired) electrons. The predicted octanol–water partition coefficient (Wildman–Crippen LogP) is 1.69. The van der Waals surface area contributed by atoms with Gasteiger partial charge < -0.3 is 9.84 Å². The largest absolute Gasteiger partial charge is 0.496 e. The van der Waals surface area contributed by atoms with E-state index in [2.05, 4.69) is 0 Å². The first-order valence-corrected chi connectivity index (χ1v) is 8.85. The minimum Gasteiger partial charge on any atom is -0.496 e. The maximum absolute atomic E-state index is 12.4. The Balaban J connectivity index is 2.96. The molecule has 0 spiro atoms. The molecule has 21 heavy (non-hydrogen) atoms. The first-order chi connectivity index (χ1) is 9.94. The number of aliphatic hydroxyl groups is 1. The molecular weight excluding hydrogens is 314 g/mol. The van der Waals surface area contributed by atoms with E-state index in [9.17, 15) is 8.42 Å². The number of benzene rings is 1. The molecule has 5 nitrogen and oxygen atoms in total. The van der Waals surface area contributed by atoms with Crippen LogP contribution in [0.3, 0.4) is 0 Å². The molecule has 7 heteroatoms. The lowest BCUT2D eigenvalue weighted by Crippen LogP contribution is -2.36. The number of alkyl halides is 1. The SMILES string of the molecule is COc1ccccc1CN(CCO)S(=O)(=O)CC(C)CCl. The molecule has 1 atom stereocenters. The Labute approximate surface area is 131 Å². The van der Waals surface area contributed by atoms with Gasteiger partial charge in [-0.25, -0.2) is 8.42 Å². The number of methoxy groups -OCH3 is 1. The van der Waals surface area contributed by atoms with Crippen molar-refractivity contribution >= 4 is 21.6 Å². The number of aliphatic hydroxyl groups excluding tert-OH is 1. The summed E-state index contributed by atoms with van der Waals surface area (Å²) in [6, 6.07) is 7.23. The first kappa shape index (κ1) is 18.2. The van der Waals surface area contributed by atoms with Gasteiger partial charge in [-0.15, -0.1) is 11.6 Å². The topological polar surface area (TPSA) is 66.8 Å². The summed E-state index contributed by atoms with van der Waals surface area (Å²) in [7, 11) is -1.94. The highest BCUT2D eigenvalue weighted by molar-refractivity contribution is 7.89. The Kier molecular flexibility index (Phi) is 7.45. The maximum Gasteiger partial charge on any atom is 0.214 e. The zero-order chi connectivity index (χ0) is 15.9. The summed E-state index contributed by atoms with van der Waals surface area (Å²) in [5.41, 5.74) is 0.760. The van der Waals surface area contributed by atoms with Crippen LogP contribution in [0.25, 0.3) is 0 Å². The van der Waals surface area contributed by atoms with Crippen molar-refractivity contribution in [3.05, 3.63) is 29.8 Å². The molecule has 1 unspecified atom stereocenters. The summed E-state index contributed by atoms with van der Waals surface area (Å²) in [6.45, 7) is 1.77. The Morgan fingerprint density at radius 3 is 2.62 bits per heavy atom. The van der Waals surface area contributed by atoms with Crippen molar-refractivity contribution in [1.82, 2.24) is 4.31 Å². The van der Waals surface area contributed by atoms with Gasteiger partial charge in [-0.2, -0.15) is 4.31 Å². The lowest BCUT2D eigenvalue weighted by Gasteiger charge is -2.23. The summed E-state index contributed by atoms with van der Waals surface area (Å²) in [5, 5.41) is 9.13. The van der Waals surface area contributed by atoms with Gasteiger partial charge in [0.15, 0.2) is 0 Å². The molecule has 0 aliphatic carbocycles. The van der Waals surface area contributed by atoms with Crippen LogP contribution in [0, 0.1) is 5.92 Å². The van der Waals surface area contributed by atoms with Crippen molar-refractivity contribution in [1.29, 1.82) is 0 Å². The molecule has 0 saturated carbocycles. The molecular formula is C14H22ClNO4S. The number of sulfonamides is 1. The Morgan fingerprint density at radius 2 is 2.05 bits per heavy atom. The standard InChI is InChI=1S/C14H22ClNO4S/c1-12(9-15)11-21(18,19)16(7-8-17)10-13-5-3-4-6-14(13)20-2/h3-6,12,17H,7-11H2,1-2H3. The summed E-state index contributed by atoms with van der Waals surface area (Å²) in [5.74, 6) is 0.725. The molecule has 1 N–H and O–H groups in total. The van der Waals surface area contributed by atoms with Gasteiger partial charge in [-0.3, -0.25) is 0 Å². The average molecular weight is 336 g/mol. The third kappa shape index (κ3) is 5.47. The highest BCUT2D eigenvalue weighted by Gasteiger charge is 2.25. The molecule has 0 heterocycles. The molecule has 0 amide bonds. The van der Waals surface area contributed by atoms with Crippen LogP contribution in [-0.4, -0.2) is 49.7 Å². The molecule has 0 fully saturated rings. The maximum atomic E-state index is 12.4. The van der Waals surface area contributed by atoms with Crippen molar-refractivity contribution in [3.8, 4) is 5.75 Å². The van der Waals surface area contributed by atoms with E-state index < -0.39 is 10.0 Å². The Hall–Kier alpha value is -0.820. The molecule has 1 aromatic rings. The van der Waals surface area contributed by atoms with Crippen LogP contribution in [-0.2, 0) is 16.6 Å². The number of rotatable bonds is 9. The predicted molar refractivity (Wildman–Crippen MR) is 84.2 cm³/mol. The summed E-state index contributed by atoms with van der Waals surface area (Å²) >= 11 is 5.70. The molecule has 0 saturated heterocycles. The molecule has 0 aliphatic heterocycles. The highest BCUT2D eigenvalue weighted by Crippen LogP contribution is 2.21. The van der Waals surface area contributed by atoms with Crippen LogP contribution >= 0.6 is 11.6 Å². The van der Waals surface area contributed by atoms with Gasteiger partial charge in [0.1, 0.15) is 5.75 Å². The van der Waals surface area contributed by atoms with Gasteiger partial charge in [0.05, 0.1) is 19.5 Å². The third-order valence-electron chi connectivity index (χ3n) is 3.04. The van der Waals surface area contributed by atoms with Crippen LogP contribution in [0.15, 0.2) is 24.3 Å². The van der Waals surface area contributed by atoms with E-state index in [1.54, 1.807) is 20.1 Å². The second kappa shape index (κ2) is 8.58. The normalized spacial score (nSPS) is 13.4. The summed E-state index contributed by atoms with van der Waals surface area (Å²) in [6.07, 6.45) is 0.